The van der Waals surface area contributed by atoms with E-state index in [1.165, 1.54) is 14.0 Å². The van der Waals surface area contributed by atoms with Crippen LogP contribution >= 0.6 is 27.5 Å². The maximum atomic E-state index is 11.3. The van der Waals surface area contributed by atoms with E-state index in [0.29, 0.717) is 10.0 Å². The fraction of sp³-hybridized carbons (Fsp3) is 0.333. The molecule has 10 heteroatoms. The Kier molecular flexibility index (Phi) is 5.50. The number of methoxy groups -OCH3 is 1. The number of ether oxygens (including phenoxy) is 2. The van der Waals surface area contributed by atoms with Gasteiger partial charge in [0.25, 0.3) is 0 Å². The average Bonchev–Trinajstić information content (AvgIpc) is 2.46. The van der Waals surface area contributed by atoms with Crippen LogP contribution < -0.4 is 9.47 Å². The smallest absolute Gasteiger partial charge is 0.368 e. The highest BCUT2D eigenvalue weighted by molar-refractivity contribution is 9.10. The Labute approximate surface area is 157 Å². The summed E-state index contributed by atoms with van der Waals surface area (Å²) >= 11 is 9.17. The normalized spacial score (nSPS) is 11.3. The standard InChI is InChI=1S/C15H15BrClN3O5/c1-7-18-13(17)11(20(22)23)14(19-7)25-12-9(16)5-8(15(2,3)21)6-10(12)24-4/h5-6,21H,1-4H3. The highest BCUT2D eigenvalue weighted by atomic mass is 79.9. The van der Waals surface area contributed by atoms with E-state index in [2.05, 4.69) is 25.9 Å². The number of hydrogen-bond acceptors (Lipinski definition) is 7. The van der Waals surface area contributed by atoms with Crippen molar-refractivity contribution in [3.8, 4) is 17.4 Å². The van der Waals surface area contributed by atoms with Gasteiger partial charge in [0, 0.05) is 0 Å². The van der Waals surface area contributed by atoms with Crippen molar-refractivity contribution in [1.29, 1.82) is 0 Å². The number of hydrogen-bond donors (Lipinski definition) is 1. The molecule has 0 bridgehead atoms. The second kappa shape index (κ2) is 7.11. The summed E-state index contributed by atoms with van der Waals surface area (Å²) in [6, 6.07) is 3.20. The van der Waals surface area contributed by atoms with Crippen molar-refractivity contribution in [3.63, 3.8) is 0 Å². The van der Waals surface area contributed by atoms with Gasteiger partial charge in [0.15, 0.2) is 11.5 Å². The van der Waals surface area contributed by atoms with Crippen molar-refractivity contribution >= 4 is 33.2 Å². The number of rotatable bonds is 5. The highest BCUT2D eigenvalue weighted by Gasteiger charge is 2.28. The molecule has 1 N–H and O–H groups in total. The van der Waals surface area contributed by atoms with E-state index in [1.807, 2.05) is 0 Å². The molecule has 0 aliphatic carbocycles. The summed E-state index contributed by atoms with van der Waals surface area (Å²) in [5.41, 5.74) is -1.10. The third-order valence-corrected chi connectivity index (χ3v) is 4.09. The van der Waals surface area contributed by atoms with Gasteiger partial charge in [-0.05, 0) is 54.4 Å². The zero-order valence-electron chi connectivity index (χ0n) is 13.8. The van der Waals surface area contributed by atoms with Gasteiger partial charge in [-0.25, -0.2) is 4.98 Å². The molecule has 0 aliphatic heterocycles. The lowest BCUT2D eigenvalue weighted by Gasteiger charge is -2.21. The molecule has 0 spiro atoms. The van der Waals surface area contributed by atoms with Crippen LogP contribution in [-0.2, 0) is 5.60 Å². The van der Waals surface area contributed by atoms with Crippen LogP contribution in [0.15, 0.2) is 16.6 Å². The topological polar surface area (TPSA) is 108 Å². The fourth-order valence-electron chi connectivity index (χ4n) is 2.00. The lowest BCUT2D eigenvalue weighted by Crippen LogP contribution is -2.15. The number of aromatic nitrogens is 2. The Morgan fingerprint density at radius 3 is 2.52 bits per heavy atom. The number of nitro groups is 1. The number of aryl methyl sites for hydroxylation is 1. The van der Waals surface area contributed by atoms with Crippen LogP contribution in [0, 0.1) is 17.0 Å². The molecule has 0 aliphatic rings. The van der Waals surface area contributed by atoms with Crippen LogP contribution in [0.3, 0.4) is 0 Å². The van der Waals surface area contributed by atoms with Crippen LogP contribution in [0.1, 0.15) is 25.2 Å². The minimum absolute atomic E-state index is 0.160. The van der Waals surface area contributed by atoms with Crippen molar-refractivity contribution in [1.82, 2.24) is 9.97 Å². The zero-order valence-corrected chi connectivity index (χ0v) is 16.2. The predicted octanol–water partition coefficient (Wildman–Crippen LogP) is 4.14. The molecule has 2 aromatic rings. The molecule has 0 saturated carbocycles. The van der Waals surface area contributed by atoms with Crippen molar-refractivity contribution < 1.29 is 19.5 Å². The Bertz CT molecular complexity index is 839. The molecule has 0 radical (unpaired) electrons. The average molecular weight is 433 g/mol. The van der Waals surface area contributed by atoms with Crippen LogP contribution in [0.4, 0.5) is 5.69 Å². The minimum Gasteiger partial charge on any atom is -0.493 e. The van der Waals surface area contributed by atoms with E-state index in [-0.39, 0.29) is 28.4 Å². The highest BCUT2D eigenvalue weighted by Crippen LogP contribution is 2.43. The number of halogens is 2. The van der Waals surface area contributed by atoms with Crippen LogP contribution in [0.2, 0.25) is 5.15 Å². The summed E-state index contributed by atoms with van der Waals surface area (Å²) in [5, 5.41) is 21.1. The van der Waals surface area contributed by atoms with Crippen LogP contribution in [0.5, 0.6) is 17.4 Å². The van der Waals surface area contributed by atoms with E-state index in [1.54, 1.807) is 26.0 Å². The Morgan fingerprint density at radius 1 is 1.36 bits per heavy atom. The van der Waals surface area contributed by atoms with Gasteiger partial charge in [-0.15, -0.1) is 0 Å². The first kappa shape index (κ1) is 19.4. The van der Waals surface area contributed by atoms with E-state index in [4.69, 9.17) is 21.1 Å². The second-order valence-electron chi connectivity index (χ2n) is 5.62. The van der Waals surface area contributed by atoms with Gasteiger partial charge in [-0.3, -0.25) is 10.1 Å². The maximum absolute atomic E-state index is 11.3. The van der Waals surface area contributed by atoms with Gasteiger partial charge >= 0.3 is 11.6 Å². The van der Waals surface area contributed by atoms with E-state index in [9.17, 15) is 15.2 Å². The van der Waals surface area contributed by atoms with Gasteiger partial charge in [0.1, 0.15) is 5.82 Å². The minimum atomic E-state index is -1.12. The molecule has 2 rings (SSSR count). The molecule has 0 atom stereocenters. The number of aliphatic hydroxyl groups is 1. The van der Waals surface area contributed by atoms with Gasteiger partial charge in [-0.2, -0.15) is 4.98 Å². The summed E-state index contributed by atoms with van der Waals surface area (Å²) in [4.78, 5) is 18.3. The summed E-state index contributed by atoms with van der Waals surface area (Å²) in [6.45, 7) is 4.77. The monoisotopic (exact) mass is 431 g/mol. The Balaban J connectivity index is 2.60. The summed E-state index contributed by atoms with van der Waals surface area (Å²) in [5.74, 6) is 0.326. The lowest BCUT2D eigenvalue weighted by molar-refractivity contribution is -0.386. The molecule has 1 aromatic carbocycles. The summed E-state index contributed by atoms with van der Waals surface area (Å²) in [7, 11) is 1.41. The largest absolute Gasteiger partial charge is 0.493 e. The second-order valence-corrected chi connectivity index (χ2v) is 6.84. The van der Waals surface area contributed by atoms with Crippen molar-refractivity contribution in [3.05, 3.63) is 43.3 Å². The fourth-order valence-corrected chi connectivity index (χ4v) is 2.80. The Morgan fingerprint density at radius 2 is 2.00 bits per heavy atom. The van der Waals surface area contributed by atoms with Gasteiger partial charge in [-0.1, -0.05) is 11.6 Å². The quantitative estimate of drug-likeness (QED) is 0.430. The molecule has 0 unspecified atom stereocenters. The third-order valence-electron chi connectivity index (χ3n) is 3.24. The van der Waals surface area contributed by atoms with Crippen LogP contribution in [0.25, 0.3) is 0 Å². The van der Waals surface area contributed by atoms with Crippen LogP contribution in [-0.4, -0.2) is 27.1 Å². The first-order valence-corrected chi connectivity index (χ1v) is 8.18. The molecule has 0 saturated heterocycles. The third kappa shape index (κ3) is 4.17. The first-order chi connectivity index (χ1) is 11.5. The maximum Gasteiger partial charge on any atom is 0.368 e. The lowest BCUT2D eigenvalue weighted by atomic mass is 9.98. The zero-order chi connectivity index (χ0) is 18.9. The van der Waals surface area contributed by atoms with Crippen molar-refractivity contribution in [2.75, 3.05) is 7.11 Å². The Hall–Kier alpha value is -1.97. The molecular weight excluding hydrogens is 418 g/mol. The molecular formula is C15H15BrClN3O5. The molecule has 0 amide bonds. The number of nitrogens with zero attached hydrogens (tertiary/aromatic N) is 3. The van der Waals surface area contributed by atoms with Gasteiger partial charge in [0.2, 0.25) is 5.15 Å². The molecule has 8 nitrogen and oxygen atoms in total. The predicted molar refractivity (Wildman–Crippen MR) is 94.4 cm³/mol. The van der Waals surface area contributed by atoms with Crippen molar-refractivity contribution in [2.45, 2.75) is 26.4 Å². The summed E-state index contributed by atoms with van der Waals surface area (Å²) in [6.07, 6.45) is 0. The van der Waals surface area contributed by atoms with Crippen molar-refractivity contribution in [2.24, 2.45) is 0 Å². The molecule has 0 fully saturated rings. The van der Waals surface area contributed by atoms with Gasteiger partial charge in [0.05, 0.1) is 22.1 Å². The van der Waals surface area contributed by atoms with E-state index >= 15 is 0 Å². The number of benzene rings is 1. The SMILES string of the molecule is COc1cc(C(C)(C)O)cc(Br)c1Oc1nc(C)nc(Cl)c1[N+](=O)[O-]. The van der Waals surface area contributed by atoms with Gasteiger partial charge < -0.3 is 14.6 Å². The molecule has 1 heterocycles. The molecule has 1 aromatic heterocycles. The molecule has 134 valence electrons. The van der Waals surface area contributed by atoms with E-state index in [0.717, 1.165) is 0 Å². The summed E-state index contributed by atoms with van der Waals surface area (Å²) < 4.78 is 11.3. The molecule has 25 heavy (non-hydrogen) atoms. The van der Waals surface area contributed by atoms with E-state index < -0.39 is 16.2 Å². The first-order valence-electron chi connectivity index (χ1n) is 7.01.